The highest BCUT2D eigenvalue weighted by molar-refractivity contribution is 5.85. The molecule has 0 spiro atoms. The van der Waals surface area contributed by atoms with E-state index in [0.717, 1.165) is 10.9 Å². The molecule has 0 aliphatic carbocycles. The summed E-state index contributed by atoms with van der Waals surface area (Å²) in [7, 11) is 0. The molecule has 1 aromatic heterocycles. The molecule has 0 bridgehead atoms. The zero-order chi connectivity index (χ0) is 13.2. The average molecular weight is 252 g/mol. The van der Waals surface area contributed by atoms with E-state index in [9.17, 15) is 5.11 Å². The van der Waals surface area contributed by atoms with Gasteiger partial charge in [-0.15, -0.1) is 0 Å². The SMILES string of the molecule is Nc1cc(Oc2ccnc3ccccc23)ccc1O. The second-order valence-electron chi connectivity index (χ2n) is 4.15. The molecule has 0 aliphatic rings. The molecule has 3 aromatic rings. The summed E-state index contributed by atoms with van der Waals surface area (Å²) in [6.45, 7) is 0. The third kappa shape index (κ3) is 2.15. The molecule has 3 rings (SSSR count). The van der Waals surface area contributed by atoms with Crippen LogP contribution in [0, 0.1) is 0 Å². The van der Waals surface area contributed by atoms with Crippen LogP contribution >= 0.6 is 0 Å². The minimum Gasteiger partial charge on any atom is -0.506 e. The summed E-state index contributed by atoms with van der Waals surface area (Å²) in [6, 6.07) is 14.3. The molecule has 2 aromatic carbocycles. The van der Waals surface area contributed by atoms with E-state index in [1.54, 1.807) is 24.4 Å². The van der Waals surface area contributed by atoms with Gasteiger partial charge in [-0.2, -0.15) is 0 Å². The summed E-state index contributed by atoms with van der Waals surface area (Å²) >= 11 is 0. The van der Waals surface area contributed by atoms with Crippen molar-refractivity contribution in [2.24, 2.45) is 0 Å². The van der Waals surface area contributed by atoms with E-state index in [0.29, 0.717) is 11.5 Å². The monoisotopic (exact) mass is 252 g/mol. The molecular formula is C15H12N2O2. The molecule has 94 valence electrons. The second-order valence-corrected chi connectivity index (χ2v) is 4.15. The number of pyridine rings is 1. The fourth-order valence-electron chi connectivity index (χ4n) is 1.88. The number of fused-ring (bicyclic) bond motifs is 1. The maximum absolute atomic E-state index is 9.39. The largest absolute Gasteiger partial charge is 0.506 e. The molecule has 4 heteroatoms. The van der Waals surface area contributed by atoms with Crippen molar-refractivity contribution in [1.82, 2.24) is 4.98 Å². The smallest absolute Gasteiger partial charge is 0.138 e. The molecule has 0 radical (unpaired) electrons. The first-order chi connectivity index (χ1) is 9.24. The number of ether oxygens (including phenoxy) is 1. The lowest BCUT2D eigenvalue weighted by atomic mass is 10.2. The van der Waals surface area contributed by atoms with Crippen molar-refractivity contribution in [3.8, 4) is 17.2 Å². The third-order valence-electron chi connectivity index (χ3n) is 2.84. The summed E-state index contributed by atoms with van der Waals surface area (Å²) in [6.07, 6.45) is 1.70. The van der Waals surface area contributed by atoms with E-state index in [-0.39, 0.29) is 11.4 Å². The van der Waals surface area contributed by atoms with E-state index in [1.807, 2.05) is 24.3 Å². The van der Waals surface area contributed by atoms with Gasteiger partial charge in [0, 0.05) is 17.6 Å². The topological polar surface area (TPSA) is 68.4 Å². The number of phenols is 1. The van der Waals surface area contributed by atoms with Crippen LogP contribution in [0.3, 0.4) is 0 Å². The van der Waals surface area contributed by atoms with Gasteiger partial charge in [-0.05, 0) is 30.3 Å². The van der Waals surface area contributed by atoms with E-state index in [4.69, 9.17) is 10.5 Å². The number of rotatable bonds is 2. The van der Waals surface area contributed by atoms with E-state index < -0.39 is 0 Å². The van der Waals surface area contributed by atoms with E-state index >= 15 is 0 Å². The van der Waals surface area contributed by atoms with Crippen LogP contribution in [0.25, 0.3) is 10.9 Å². The van der Waals surface area contributed by atoms with Crippen molar-refractivity contribution < 1.29 is 9.84 Å². The minimum atomic E-state index is 0.0481. The van der Waals surface area contributed by atoms with Crippen LogP contribution < -0.4 is 10.5 Å². The van der Waals surface area contributed by atoms with E-state index in [1.165, 1.54) is 6.07 Å². The van der Waals surface area contributed by atoms with Crippen LogP contribution in [0.2, 0.25) is 0 Å². The molecule has 0 unspecified atom stereocenters. The molecule has 0 saturated carbocycles. The Morgan fingerprint density at radius 2 is 1.89 bits per heavy atom. The Bertz CT molecular complexity index is 736. The molecule has 0 aliphatic heterocycles. The number of para-hydroxylation sites is 1. The van der Waals surface area contributed by atoms with Crippen LogP contribution in [0.15, 0.2) is 54.7 Å². The fourth-order valence-corrected chi connectivity index (χ4v) is 1.88. The molecule has 0 amide bonds. The Hall–Kier alpha value is -2.75. The number of aromatic hydroxyl groups is 1. The summed E-state index contributed by atoms with van der Waals surface area (Å²) in [5, 5.41) is 10.3. The number of hydrogen-bond donors (Lipinski definition) is 2. The van der Waals surface area contributed by atoms with Gasteiger partial charge in [-0.25, -0.2) is 0 Å². The van der Waals surface area contributed by atoms with Crippen molar-refractivity contribution in [3.05, 3.63) is 54.7 Å². The van der Waals surface area contributed by atoms with Crippen LogP contribution in [-0.4, -0.2) is 10.1 Å². The van der Waals surface area contributed by atoms with Crippen LogP contribution in [-0.2, 0) is 0 Å². The highest BCUT2D eigenvalue weighted by atomic mass is 16.5. The summed E-state index contributed by atoms with van der Waals surface area (Å²) in [5.41, 5.74) is 6.80. The van der Waals surface area contributed by atoms with Crippen molar-refractivity contribution in [1.29, 1.82) is 0 Å². The maximum atomic E-state index is 9.39. The Morgan fingerprint density at radius 1 is 1.05 bits per heavy atom. The first kappa shape index (κ1) is 11.3. The quantitative estimate of drug-likeness (QED) is 0.542. The number of hydrogen-bond acceptors (Lipinski definition) is 4. The number of nitrogen functional groups attached to an aromatic ring is 1. The lowest BCUT2D eigenvalue weighted by molar-refractivity contribution is 0.468. The predicted molar refractivity (Wildman–Crippen MR) is 74.3 cm³/mol. The number of nitrogens with two attached hydrogens (primary N) is 1. The maximum Gasteiger partial charge on any atom is 0.138 e. The van der Waals surface area contributed by atoms with Gasteiger partial charge in [0.1, 0.15) is 17.2 Å². The summed E-state index contributed by atoms with van der Waals surface area (Å²) < 4.78 is 5.80. The van der Waals surface area contributed by atoms with Crippen molar-refractivity contribution in [2.75, 3.05) is 5.73 Å². The molecule has 0 atom stereocenters. The Morgan fingerprint density at radius 3 is 2.74 bits per heavy atom. The van der Waals surface area contributed by atoms with Gasteiger partial charge in [-0.3, -0.25) is 4.98 Å². The average Bonchev–Trinajstić information content (AvgIpc) is 2.43. The first-order valence-electron chi connectivity index (χ1n) is 5.84. The van der Waals surface area contributed by atoms with Gasteiger partial charge in [0.2, 0.25) is 0 Å². The van der Waals surface area contributed by atoms with Crippen molar-refractivity contribution in [2.45, 2.75) is 0 Å². The van der Waals surface area contributed by atoms with Crippen molar-refractivity contribution >= 4 is 16.6 Å². The van der Waals surface area contributed by atoms with Gasteiger partial charge in [0.15, 0.2) is 0 Å². The summed E-state index contributed by atoms with van der Waals surface area (Å²) in [4.78, 5) is 4.27. The zero-order valence-corrected chi connectivity index (χ0v) is 10.1. The lowest BCUT2D eigenvalue weighted by Gasteiger charge is -2.09. The summed E-state index contributed by atoms with van der Waals surface area (Å²) in [5.74, 6) is 1.33. The molecule has 0 fully saturated rings. The molecule has 19 heavy (non-hydrogen) atoms. The molecule has 1 heterocycles. The number of anilines is 1. The number of phenolic OH excluding ortho intramolecular Hbond substituents is 1. The minimum absolute atomic E-state index is 0.0481. The predicted octanol–water partition coefficient (Wildman–Crippen LogP) is 3.31. The van der Waals surface area contributed by atoms with Crippen LogP contribution in [0.4, 0.5) is 5.69 Å². The van der Waals surface area contributed by atoms with E-state index in [2.05, 4.69) is 4.98 Å². The van der Waals surface area contributed by atoms with Gasteiger partial charge < -0.3 is 15.6 Å². The molecule has 4 nitrogen and oxygen atoms in total. The standard InChI is InChI=1S/C15H12N2O2/c16-12-9-10(5-6-14(12)18)19-15-7-8-17-13-4-2-1-3-11(13)15/h1-9,18H,16H2. The fraction of sp³-hybridized carbons (Fsp3) is 0. The van der Waals surface area contributed by atoms with Gasteiger partial charge in [0.25, 0.3) is 0 Å². The van der Waals surface area contributed by atoms with Gasteiger partial charge in [0.05, 0.1) is 11.2 Å². The third-order valence-corrected chi connectivity index (χ3v) is 2.84. The molecule has 3 N–H and O–H groups in total. The normalized spacial score (nSPS) is 10.5. The molecule has 0 saturated heterocycles. The number of benzene rings is 2. The first-order valence-corrected chi connectivity index (χ1v) is 5.84. The second kappa shape index (κ2) is 4.49. The van der Waals surface area contributed by atoms with Crippen LogP contribution in [0.1, 0.15) is 0 Å². The van der Waals surface area contributed by atoms with Crippen molar-refractivity contribution in [3.63, 3.8) is 0 Å². The number of aromatic nitrogens is 1. The lowest BCUT2D eigenvalue weighted by Crippen LogP contribution is -1.90. The Kier molecular flexibility index (Phi) is 2.68. The highest BCUT2D eigenvalue weighted by Crippen LogP contribution is 2.31. The number of nitrogens with zero attached hydrogens (tertiary/aromatic N) is 1. The Balaban J connectivity index is 2.03. The molecular weight excluding hydrogens is 240 g/mol. The highest BCUT2D eigenvalue weighted by Gasteiger charge is 2.05. The Labute approximate surface area is 110 Å². The van der Waals surface area contributed by atoms with Gasteiger partial charge in [-0.1, -0.05) is 12.1 Å². The van der Waals surface area contributed by atoms with Gasteiger partial charge >= 0.3 is 0 Å². The zero-order valence-electron chi connectivity index (χ0n) is 10.1. The van der Waals surface area contributed by atoms with Crippen LogP contribution in [0.5, 0.6) is 17.2 Å².